The van der Waals surface area contributed by atoms with E-state index in [2.05, 4.69) is 9.55 Å². The highest BCUT2D eigenvalue weighted by molar-refractivity contribution is 5.99. The average molecular weight is 413 g/mol. The molecule has 0 saturated heterocycles. The Hall–Kier alpha value is -3.43. The van der Waals surface area contributed by atoms with Gasteiger partial charge in [-0.25, -0.2) is 9.78 Å². The highest BCUT2D eigenvalue weighted by Crippen LogP contribution is 2.38. The normalized spacial score (nSPS) is 13.7. The molecule has 0 aliphatic heterocycles. The molecule has 10 nitrogen and oxygen atoms in total. The third-order valence-corrected chi connectivity index (χ3v) is 5.58. The van der Waals surface area contributed by atoms with Gasteiger partial charge < -0.3 is 13.9 Å². The molecule has 0 radical (unpaired) electrons. The fraction of sp³-hybridized carbons (Fsp3) is 0.450. The highest BCUT2D eigenvalue weighted by atomic mass is 16.5. The summed E-state index contributed by atoms with van der Waals surface area (Å²) in [6.45, 7) is 3.19. The van der Waals surface area contributed by atoms with E-state index in [0.29, 0.717) is 11.6 Å². The fourth-order valence-corrected chi connectivity index (χ4v) is 3.88. The molecule has 0 spiro atoms. The molecule has 158 valence electrons. The maximum atomic E-state index is 12.6. The van der Waals surface area contributed by atoms with E-state index in [1.54, 1.807) is 0 Å². The van der Waals surface area contributed by atoms with Crippen LogP contribution in [0.5, 0.6) is 0 Å². The molecule has 3 heterocycles. The van der Waals surface area contributed by atoms with Crippen LogP contribution in [0.25, 0.3) is 11.2 Å². The zero-order chi connectivity index (χ0) is 21.7. The lowest BCUT2D eigenvalue weighted by Crippen LogP contribution is -2.37. The van der Waals surface area contributed by atoms with Crippen molar-refractivity contribution < 1.29 is 14.3 Å². The second kappa shape index (κ2) is 7.12. The van der Waals surface area contributed by atoms with Crippen LogP contribution in [0.2, 0.25) is 0 Å². The minimum atomic E-state index is -0.672. The number of aromatic nitrogens is 5. The number of fused-ring (bicyclic) bond motifs is 1. The topological polar surface area (TPSA) is 110 Å². The molecule has 0 amide bonds. The molecule has 0 bridgehead atoms. The number of Topliss-reactive ketones (excluding diaryl/α,β-unsaturated/α-hetero) is 1. The molecular weight excluding hydrogens is 390 g/mol. The second-order valence-corrected chi connectivity index (χ2v) is 7.72. The van der Waals surface area contributed by atoms with Gasteiger partial charge in [-0.2, -0.15) is 0 Å². The van der Waals surface area contributed by atoms with E-state index in [1.807, 2.05) is 19.9 Å². The van der Waals surface area contributed by atoms with Crippen LogP contribution >= 0.6 is 0 Å². The number of carbonyl (C=O) groups excluding carboxylic acids is 2. The Morgan fingerprint density at radius 1 is 1.17 bits per heavy atom. The third kappa shape index (κ3) is 3.17. The van der Waals surface area contributed by atoms with Gasteiger partial charge in [0, 0.05) is 37.1 Å². The van der Waals surface area contributed by atoms with Gasteiger partial charge in [0.15, 0.2) is 17.8 Å². The number of aryl methyl sites for hydroxylation is 2. The van der Waals surface area contributed by atoms with Crippen LogP contribution in [0.3, 0.4) is 0 Å². The summed E-state index contributed by atoms with van der Waals surface area (Å²) in [4.78, 5) is 53.4. The first-order valence-corrected chi connectivity index (χ1v) is 9.68. The molecule has 0 N–H and O–H groups in total. The largest absolute Gasteiger partial charge is 0.456 e. The van der Waals surface area contributed by atoms with Crippen LogP contribution in [-0.4, -0.2) is 41.6 Å². The van der Waals surface area contributed by atoms with E-state index in [0.717, 1.165) is 28.8 Å². The summed E-state index contributed by atoms with van der Waals surface area (Å²) in [5.74, 6) is -0.938. The quantitative estimate of drug-likeness (QED) is 0.433. The Morgan fingerprint density at radius 2 is 1.87 bits per heavy atom. The molecule has 1 saturated carbocycles. The number of esters is 1. The van der Waals surface area contributed by atoms with Gasteiger partial charge >= 0.3 is 11.7 Å². The third-order valence-electron chi connectivity index (χ3n) is 5.58. The summed E-state index contributed by atoms with van der Waals surface area (Å²) in [7, 11) is 2.85. The first-order chi connectivity index (χ1) is 14.2. The molecule has 4 rings (SSSR count). The molecule has 0 unspecified atom stereocenters. The Balaban J connectivity index is 1.48. The van der Waals surface area contributed by atoms with Gasteiger partial charge in [0.05, 0.1) is 6.33 Å². The number of hydrogen-bond acceptors (Lipinski definition) is 6. The number of imidazole rings is 1. The van der Waals surface area contributed by atoms with Crippen LogP contribution in [-0.2, 0) is 30.2 Å². The van der Waals surface area contributed by atoms with E-state index < -0.39 is 17.2 Å². The van der Waals surface area contributed by atoms with Crippen molar-refractivity contribution in [1.82, 2.24) is 23.3 Å². The van der Waals surface area contributed by atoms with Crippen molar-refractivity contribution in [3.8, 4) is 0 Å². The minimum absolute atomic E-state index is 0.121. The van der Waals surface area contributed by atoms with Gasteiger partial charge in [-0.15, -0.1) is 0 Å². The lowest BCUT2D eigenvalue weighted by Gasteiger charge is -2.08. The smallest absolute Gasteiger partial charge is 0.332 e. The summed E-state index contributed by atoms with van der Waals surface area (Å²) < 4.78 is 10.8. The molecule has 0 atom stereocenters. The fourth-order valence-electron chi connectivity index (χ4n) is 3.88. The zero-order valence-electron chi connectivity index (χ0n) is 17.3. The van der Waals surface area contributed by atoms with Crippen molar-refractivity contribution in [2.45, 2.75) is 39.3 Å². The molecule has 0 aromatic carbocycles. The van der Waals surface area contributed by atoms with Gasteiger partial charge in [-0.3, -0.25) is 23.5 Å². The minimum Gasteiger partial charge on any atom is -0.456 e. The van der Waals surface area contributed by atoms with Crippen molar-refractivity contribution in [1.29, 1.82) is 0 Å². The molecule has 1 aliphatic rings. The predicted molar refractivity (Wildman–Crippen MR) is 108 cm³/mol. The van der Waals surface area contributed by atoms with Gasteiger partial charge in [-0.05, 0) is 32.8 Å². The maximum absolute atomic E-state index is 12.6. The van der Waals surface area contributed by atoms with E-state index in [9.17, 15) is 19.2 Å². The molecule has 1 aliphatic carbocycles. The van der Waals surface area contributed by atoms with Crippen molar-refractivity contribution in [2.75, 3.05) is 6.61 Å². The number of nitrogens with zero attached hydrogens (tertiary/aromatic N) is 5. The Labute approximate surface area is 171 Å². The van der Waals surface area contributed by atoms with Crippen molar-refractivity contribution in [2.24, 2.45) is 14.1 Å². The molecule has 30 heavy (non-hydrogen) atoms. The van der Waals surface area contributed by atoms with Crippen molar-refractivity contribution in [3.05, 3.63) is 50.2 Å². The monoisotopic (exact) mass is 413 g/mol. The molecule has 3 aromatic rings. The van der Waals surface area contributed by atoms with Gasteiger partial charge in [0.1, 0.15) is 6.54 Å². The number of ether oxygens (including phenoxy) is 1. The van der Waals surface area contributed by atoms with E-state index in [-0.39, 0.29) is 30.1 Å². The lowest BCUT2D eigenvalue weighted by atomic mass is 10.1. The van der Waals surface area contributed by atoms with Crippen LogP contribution in [0.1, 0.15) is 40.6 Å². The Morgan fingerprint density at radius 3 is 2.53 bits per heavy atom. The summed E-state index contributed by atoms with van der Waals surface area (Å²) in [6.07, 6.45) is 3.53. The van der Waals surface area contributed by atoms with E-state index in [4.69, 9.17) is 4.74 Å². The average Bonchev–Trinajstić information content (AvgIpc) is 3.38. The Kier molecular flexibility index (Phi) is 4.71. The van der Waals surface area contributed by atoms with Crippen LogP contribution in [0.15, 0.2) is 22.0 Å². The van der Waals surface area contributed by atoms with Crippen molar-refractivity contribution >= 4 is 22.9 Å². The second-order valence-electron chi connectivity index (χ2n) is 7.72. The van der Waals surface area contributed by atoms with Crippen LogP contribution in [0.4, 0.5) is 0 Å². The lowest BCUT2D eigenvalue weighted by molar-refractivity contribution is -0.143. The van der Waals surface area contributed by atoms with Gasteiger partial charge in [0.25, 0.3) is 5.56 Å². The summed E-state index contributed by atoms with van der Waals surface area (Å²) >= 11 is 0. The summed E-state index contributed by atoms with van der Waals surface area (Å²) in [6, 6.07) is 2.29. The number of ketones is 1. The van der Waals surface area contributed by atoms with Crippen molar-refractivity contribution in [3.63, 3.8) is 0 Å². The molecule has 10 heteroatoms. The van der Waals surface area contributed by atoms with E-state index in [1.165, 1.54) is 29.6 Å². The van der Waals surface area contributed by atoms with Crippen LogP contribution < -0.4 is 11.2 Å². The highest BCUT2D eigenvalue weighted by Gasteiger charge is 2.28. The Bertz CT molecular complexity index is 1300. The number of hydrogen-bond donors (Lipinski definition) is 0. The number of rotatable bonds is 6. The van der Waals surface area contributed by atoms with Gasteiger partial charge in [-0.1, -0.05) is 0 Å². The number of carbonyl (C=O) groups is 2. The predicted octanol–water partition coefficient (Wildman–Crippen LogP) is 0.613. The molecule has 3 aromatic heterocycles. The van der Waals surface area contributed by atoms with E-state index >= 15 is 0 Å². The maximum Gasteiger partial charge on any atom is 0.332 e. The first-order valence-electron chi connectivity index (χ1n) is 9.68. The summed E-state index contributed by atoms with van der Waals surface area (Å²) in [5.41, 5.74) is 1.72. The summed E-state index contributed by atoms with van der Waals surface area (Å²) in [5, 5.41) is 0. The SMILES string of the molecule is Cc1cc(C(=O)COC(=O)Cn2cnc3c2c(=O)n(C)c(=O)n3C)c(C)n1C1CC1. The van der Waals surface area contributed by atoms with Gasteiger partial charge in [0.2, 0.25) is 5.78 Å². The standard InChI is InChI=1S/C20H23N5O5/c1-11-7-14(12(2)25(11)13-5-6-13)15(26)9-30-16(27)8-24-10-21-18-17(24)19(28)23(4)20(29)22(18)3/h7,10,13H,5-6,8-9H2,1-4H3. The molecular formula is C20H23N5O5. The zero-order valence-corrected chi connectivity index (χ0v) is 17.3. The first kappa shape index (κ1) is 19.9. The van der Waals surface area contributed by atoms with Crippen LogP contribution in [0, 0.1) is 13.8 Å². The molecule has 1 fully saturated rings.